The molecule has 2 bridgehead atoms. The highest BCUT2D eigenvalue weighted by atomic mass is 16.5. The van der Waals surface area contributed by atoms with Gasteiger partial charge in [0.2, 0.25) is 0 Å². The molecule has 3 nitrogen and oxygen atoms in total. The van der Waals surface area contributed by atoms with Crippen LogP contribution < -0.4 is 5.32 Å². The fraction of sp³-hybridized carbons (Fsp3) is 0.917. The minimum Gasteiger partial charge on any atom is -0.465 e. The van der Waals surface area contributed by atoms with Crippen LogP contribution in [0.4, 0.5) is 0 Å². The first kappa shape index (κ1) is 9.64. The summed E-state index contributed by atoms with van der Waals surface area (Å²) in [6, 6.07) is 0.429. The zero-order chi connectivity index (χ0) is 10.4. The molecule has 2 aliphatic carbocycles. The first-order valence-corrected chi connectivity index (χ1v) is 6.15. The second kappa shape index (κ2) is 3.48. The summed E-state index contributed by atoms with van der Waals surface area (Å²) < 4.78 is 5.41. The highest BCUT2D eigenvalue weighted by Gasteiger charge is 2.51. The van der Waals surface area contributed by atoms with Gasteiger partial charge in [-0.25, -0.2) is 0 Å². The third-order valence-corrected chi connectivity index (χ3v) is 4.33. The number of carbonyl (C=O) groups is 1. The van der Waals surface area contributed by atoms with Crippen molar-refractivity contribution < 1.29 is 9.53 Å². The summed E-state index contributed by atoms with van der Waals surface area (Å²) >= 11 is 0. The van der Waals surface area contributed by atoms with Gasteiger partial charge in [0.15, 0.2) is 0 Å². The van der Waals surface area contributed by atoms with Gasteiger partial charge in [-0.3, -0.25) is 4.79 Å². The van der Waals surface area contributed by atoms with E-state index in [1.165, 1.54) is 19.3 Å². The Morgan fingerprint density at radius 2 is 2.33 bits per heavy atom. The quantitative estimate of drug-likeness (QED) is 0.707. The molecular formula is C12H19NO2. The van der Waals surface area contributed by atoms with E-state index in [4.69, 9.17) is 4.74 Å². The first-order chi connectivity index (χ1) is 7.25. The minimum atomic E-state index is 0.0498. The van der Waals surface area contributed by atoms with Gasteiger partial charge in [0.05, 0.1) is 12.5 Å². The van der Waals surface area contributed by atoms with Gasteiger partial charge in [-0.15, -0.1) is 0 Å². The lowest BCUT2D eigenvalue weighted by atomic mass is 9.74. The molecule has 0 aromatic carbocycles. The normalized spacial score (nSPS) is 39.7. The average Bonchev–Trinajstić information content (AvgIpc) is 2.80. The van der Waals surface area contributed by atoms with Crippen molar-refractivity contribution in [3.05, 3.63) is 0 Å². The van der Waals surface area contributed by atoms with Crippen molar-refractivity contribution in [2.45, 2.75) is 32.2 Å². The Morgan fingerprint density at radius 3 is 2.87 bits per heavy atom. The Kier molecular flexibility index (Phi) is 2.23. The Hall–Kier alpha value is -0.570. The second-order valence-electron chi connectivity index (χ2n) is 5.48. The Bertz CT molecular complexity index is 261. The van der Waals surface area contributed by atoms with Crippen LogP contribution in [0.25, 0.3) is 0 Å². The van der Waals surface area contributed by atoms with E-state index in [-0.39, 0.29) is 11.9 Å². The highest BCUT2D eigenvalue weighted by molar-refractivity contribution is 5.75. The Balaban J connectivity index is 1.45. The van der Waals surface area contributed by atoms with Gasteiger partial charge in [-0.2, -0.15) is 0 Å². The lowest BCUT2D eigenvalue weighted by Gasteiger charge is -2.32. The fourth-order valence-electron chi connectivity index (χ4n) is 2.94. The lowest BCUT2D eigenvalue weighted by Crippen LogP contribution is -2.43. The molecule has 2 saturated heterocycles. The molecule has 4 aliphatic rings. The molecule has 1 N–H and O–H groups in total. The molecule has 4 unspecified atom stereocenters. The number of hydrogen-bond donors (Lipinski definition) is 1. The van der Waals surface area contributed by atoms with Crippen molar-refractivity contribution >= 4 is 5.97 Å². The van der Waals surface area contributed by atoms with Gasteiger partial charge in [0, 0.05) is 6.04 Å². The summed E-state index contributed by atoms with van der Waals surface area (Å²) in [5, 5.41) is 3.35. The molecule has 0 amide bonds. The van der Waals surface area contributed by atoms with Crippen molar-refractivity contribution in [2.24, 2.45) is 23.7 Å². The van der Waals surface area contributed by atoms with E-state index in [0.717, 1.165) is 12.5 Å². The third-order valence-electron chi connectivity index (χ3n) is 4.33. The first-order valence-electron chi connectivity index (χ1n) is 6.15. The van der Waals surface area contributed by atoms with Gasteiger partial charge >= 0.3 is 5.97 Å². The monoisotopic (exact) mass is 209 g/mol. The van der Waals surface area contributed by atoms with Gasteiger partial charge in [-0.05, 0) is 43.6 Å². The number of carbonyl (C=O) groups excluding carboxylic acids is 1. The average molecular weight is 209 g/mol. The molecule has 0 aromatic heterocycles. The molecule has 4 atom stereocenters. The van der Waals surface area contributed by atoms with Crippen molar-refractivity contribution in [1.29, 1.82) is 0 Å². The Morgan fingerprint density at radius 1 is 1.53 bits per heavy atom. The van der Waals surface area contributed by atoms with Gasteiger partial charge in [-0.1, -0.05) is 6.92 Å². The van der Waals surface area contributed by atoms with Crippen LogP contribution in [0.1, 0.15) is 26.2 Å². The van der Waals surface area contributed by atoms with E-state index in [9.17, 15) is 4.79 Å². The van der Waals surface area contributed by atoms with Crippen LogP contribution in [0, 0.1) is 23.7 Å². The smallest absolute Gasteiger partial charge is 0.310 e. The van der Waals surface area contributed by atoms with Crippen molar-refractivity contribution in [2.75, 3.05) is 13.2 Å². The van der Waals surface area contributed by atoms with Crippen molar-refractivity contribution in [3.63, 3.8) is 0 Å². The van der Waals surface area contributed by atoms with Gasteiger partial charge in [0.25, 0.3) is 0 Å². The summed E-state index contributed by atoms with van der Waals surface area (Å²) in [6.07, 6.45) is 3.84. The van der Waals surface area contributed by atoms with Crippen LogP contribution >= 0.6 is 0 Å². The zero-order valence-electron chi connectivity index (χ0n) is 9.24. The largest absolute Gasteiger partial charge is 0.465 e. The molecule has 0 aromatic rings. The zero-order valence-corrected chi connectivity index (χ0v) is 9.24. The standard InChI is InChI=1S/C12H19NO2/c1-7(8-2-3-8)6-15-12(14)11-9-4-10(11)13-5-9/h7-11,13H,2-6H2,1H3. The molecule has 15 heavy (non-hydrogen) atoms. The number of nitrogens with one attached hydrogen (secondary N) is 1. The number of ether oxygens (including phenoxy) is 1. The molecule has 2 saturated carbocycles. The fourth-order valence-corrected chi connectivity index (χ4v) is 2.94. The Labute approximate surface area is 90.6 Å². The third kappa shape index (κ3) is 1.67. The number of fused-ring (bicyclic) bond motifs is 1. The maximum atomic E-state index is 11.8. The molecule has 4 rings (SSSR count). The molecule has 3 heteroatoms. The van der Waals surface area contributed by atoms with E-state index >= 15 is 0 Å². The SMILES string of the molecule is CC(COC(=O)C1C2CNC1C2)C1CC1. The molecule has 0 spiro atoms. The topological polar surface area (TPSA) is 38.3 Å². The van der Waals surface area contributed by atoms with Crippen LogP contribution in [-0.4, -0.2) is 25.2 Å². The van der Waals surface area contributed by atoms with E-state index in [2.05, 4.69) is 12.2 Å². The van der Waals surface area contributed by atoms with E-state index in [1.54, 1.807) is 0 Å². The molecule has 4 fully saturated rings. The van der Waals surface area contributed by atoms with Crippen LogP contribution in [0.15, 0.2) is 0 Å². The lowest BCUT2D eigenvalue weighted by molar-refractivity contribution is -0.155. The molecule has 0 radical (unpaired) electrons. The summed E-state index contributed by atoms with van der Waals surface area (Å²) in [4.78, 5) is 11.8. The van der Waals surface area contributed by atoms with Crippen LogP contribution in [0.5, 0.6) is 0 Å². The number of rotatable bonds is 4. The van der Waals surface area contributed by atoms with E-state index in [1.807, 2.05) is 0 Å². The van der Waals surface area contributed by atoms with Gasteiger partial charge < -0.3 is 10.1 Å². The highest BCUT2D eigenvalue weighted by Crippen LogP contribution is 2.41. The summed E-state index contributed by atoms with van der Waals surface area (Å²) in [5.74, 6) is 2.19. The number of hydrogen-bond acceptors (Lipinski definition) is 3. The maximum absolute atomic E-state index is 11.8. The van der Waals surface area contributed by atoms with Crippen molar-refractivity contribution in [3.8, 4) is 0 Å². The van der Waals surface area contributed by atoms with Crippen LogP contribution in [-0.2, 0) is 9.53 Å². The van der Waals surface area contributed by atoms with Gasteiger partial charge in [0.1, 0.15) is 0 Å². The predicted octanol–water partition coefficient (Wildman–Crippen LogP) is 1.18. The summed E-state index contributed by atoms with van der Waals surface area (Å²) in [6.45, 7) is 3.85. The van der Waals surface area contributed by atoms with E-state index in [0.29, 0.717) is 24.5 Å². The summed E-state index contributed by atoms with van der Waals surface area (Å²) in [7, 11) is 0. The molecule has 2 aliphatic heterocycles. The van der Waals surface area contributed by atoms with Crippen LogP contribution in [0.2, 0.25) is 0 Å². The van der Waals surface area contributed by atoms with E-state index < -0.39 is 0 Å². The second-order valence-corrected chi connectivity index (χ2v) is 5.48. The molecule has 84 valence electrons. The minimum absolute atomic E-state index is 0.0498. The van der Waals surface area contributed by atoms with Crippen LogP contribution in [0.3, 0.4) is 0 Å². The summed E-state index contributed by atoms with van der Waals surface area (Å²) in [5.41, 5.74) is 0. The molecule has 2 heterocycles. The maximum Gasteiger partial charge on any atom is 0.310 e. The predicted molar refractivity (Wildman–Crippen MR) is 56.2 cm³/mol. The molecular weight excluding hydrogens is 190 g/mol. The van der Waals surface area contributed by atoms with Crippen molar-refractivity contribution in [1.82, 2.24) is 5.32 Å². The number of esters is 1.